The summed E-state index contributed by atoms with van der Waals surface area (Å²) in [5.41, 5.74) is 0. The lowest BCUT2D eigenvalue weighted by Gasteiger charge is -2.26. The summed E-state index contributed by atoms with van der Waals surface area (Å²) in [7, 11) is 1.48. The van der Waals surface area contributed by atoms with Crippen LogP contribution in [0.15, 0.2) is 0 Å². The van der Waals surface area contributed by atoms with E-state index in [1.54, 1.807) is 6.92 Å². The van der Waals surface area contributed by atoms with Gasteiger partial charge in [0, 0.05) is 19.6 Å². The highest BCUT2D eigenvalue weighted by molar-refractivity contribution is 5.87. The molecule has 0 fully saturated rings. The van der Waals surface area contributed by atoms with Crippen molar-refractivity contribution in [3.05, 3.63) is 0 Å². The van der Waals surface area contributed by atoms with E-state index in [1.165, 1.54) is 25.9 Å². The van der Waals surface area contributed by atoms with Crippen LogP contribution in [0.4, 0.5) is 0 Å². The zero-order valence-electron chi connectivity index (χ0n) is 12.4. The van der Waals surface area contributed by atoms with E-state index < -0.39 is 29.7 Å². The number of carbonyl (C=O) groups excluding carboxylic acids is 2. The van der Waals surface area contributed by atoms with E-state index in [9.17, 15) is 14.4 Å². The van der Waals surface area contributed by atoms with E-state index in [2.05, 4.69) is 0 Å². The number of methoxy groups -OCH3 is 1. The molecule has 0 aromatic carbocycles. The van der Waals surface area contributed by atoms with Gasteiger partial charge in [-0.3, -0.25) is 14.4 Å². The summed E-state index contributed by atoms with van der Waals surface area (Å²) >= 11 is 0. The minimum absolute atomic E-state index is 0.202. The van der Waals surface area contributed by atoms with Crippen molar-refractivity contribution in [2.45, 2.75) is 20.8 Å². The molecule has 0 spiro atoms. The molecule has 0 radical (unpaired) electrons. The van der Waals surface area contributed by atoms with Crippen molar-refractivity contribution in [3.63, 3.8) is 0 Å². The van der Waals surface area contributed by atoms with E-state index in [4.69, 9.17) is 14.6 Å². The van der Waals surface area contributed by atoms with Crippen LogP contribution >= 0.6 is 0 Å². The first-order chi connectivity index (χ1) is 9.34. The molecule has 0 aliphatic heterocycles. The number of hydrogen-bond donors (Lipinski definition) is 1. The number of hydrogen-bond acceptors (Lipinski definition) is 5. The second kappa shape index (κ2) is 9.30. The van der Waals surface area contributed by atoms with E-state index in [0.29, 0.717) is 0 Å². The Balaban J connectivity index is 4.78. The number of carboxylic acid groups (broad SMARTS) is 1. The lowest BCUT2D eigenvalue weighted by atomic mass is 9.94. The van der Waals surface area contributed by atoms with Gasteiger partial charge in [0.25, 0.3) is 0 Å². The van der Waals surface area contributed by atoms with Gasteiger partial charge in [-0.2, -0.15) is 0 Å². The van der Waals surface area contributed by atoms with Gasteiger partial charge < -0.3 is 19.5 Å². The number of esters is 1. The molecule has 7 heteroatoms. The molecule has 2 atom stereocenters. The Morgan fingerprint density at radius 1 is 1.20 bits per heavy atom. The van der Waals surface area contributed by atoms with Gasteiger partial charge in [-0.1, -0.05) is 13.8 Å². The Hall–Kier alpha value is -1.63. The molecule has 0 bridgehead atoms. The summed E-state index contributed by atoms with van der Waals surface area (Å²) in [4.78, 5) is 35.9. The number of nitrogens with zero attached hydrogens (tertiary/aromatic N) is 1. The number of aliphatic carboxylic acids is 1. The van der Waals surface area contributed by atoms with E-state index in [-0.39, 0.29) is 26.3 Å². The topological polar surface area (TPSA) is 93.1 Å². The SMILES string of the molecule is CCOC(=O)CN(CCOC)C(=O)C(C)C(C)C(=O)O. The number of amides is 1. The first-order valence-electron chi connectivity index (χ1n) is 6.51. The van der Waals surface area contributed by atoms with Crippen LogP contribution in [-0.2, 0) is 23.9 Å². The van der Waals surface area contributed by atoms with Crippen LogP contribution in [0.1, 0.15) is 20.8 Å². The molecule has 0 aliphatic rings. The van der Waals surface area contributed by atoms with Crippen molar-refractivity contribution in [1.82, 2.24) is 4.90 Å². The summed E-state index contributed by atoms with van der Waals surface area (Å²) in [5.74, 6) is -3.51. The van der Waals surface area contributed by atoms with Gasteiger partial charge in [0.2, 0.25) is 5.91 Å². The van der Waals surface area contributed by atoms with Crippen molar-refractivity contribution >= 4 is 17.8 Å². The van der Waals surface area contributed by atoms with Crippen molar-refractivity contribution in [3.8, 4) is 0 Å². The van der Waals surface area contributed by atoms with E-state index >= 15 is 0 Å². The smallest absolute Gasteiger partial charge is 0.325 e. The fourth-order valence-corrected chi connectivity index (χ4v) is 1.55. The quantitative estimate of drug-likeness (QED) is 0.617. The number of rotatable bonds is 9. The third-order valence-electron chi connectivity index (χ3n) is 3.03. The second-order valence-corrected chi connectivity index (χ2v) is 4.47. The lowest BCUT2D eigenvalue weighted by Crippen LogP contribution is -2.43. The summed E-state index contributed by atoms with van der Waals surface area (Å²) in [6, 6.07) is 0. The molecule has 0 saturated heterocycles. The minimum atomic E-state index is -1.05. The zero-order valence-corrected chi connectivity index (χ0v) is 12.4. The Kier molecular flexibility index (Phi) is 8.54. The predicted molar refractivity (Wildman–Crippen MR) is 71.1 cm³/mol. The fraction of sp³-hybridized carbons (Fsp3) is 0.769. The maximum Gasteiger partial charge on any atom is 0.325 e. The maximum absolute atomic E-state index is 12.2. The van der Waals surface area contributed by atoms with Crippen LogP contribution in [0.2, 0.25) is 0 Å². The molecule has 1 N–H and O–H groups in total. The van der Waals surface area contributed by atoms with Crippen LogP contribution in [-0.4, -0.2) is 61.3 Å². The first-order valence-corrected chi connectivity index (χ1v) is 6.51. The van der Waals surface area contributed by atoms with Gasteiger partial charge in [0.15, 0.2) is 0 Å². The third-order valence-corrected chi connectivity index (χ3v) is 3.03. The number of carboxylic acids is 1. The maximum atomic E-state index is 12.2. The Morgan fingerprint density at radius 3 is 2.25 bits per heavy atom. The molecule has 116 valence electrons. The van der Waals surface area contributed by atoms with Gasteiger partial charge in [-0.25, -0.2) is 0 Å². The molecule has 1 amide bonds. The Labute approximate surface area is 118 Å². The van der Waals surface area contributed by atoms with Gasteiger partial charge in [0.1, 0.15) is 6.54 Å². The highest BCUT2D eigenvalue weighted by Crippen LogP contribution is 2.14. The molecule has 0 saturated carbocycles. The van der Waals surface area contributed by atoms with Crippen LogP contribution in [0, 0.1) is 11.8 Å². The molecular formula is C13H23NO6. The summed E-state index contributed by atoms with van der Waals surface area (Å²) < 4.78 is 9.69. The zero-order chi connectivity index (χ0) is 15.7. The van der Waals surface area contributed by atoms with Gasteiger partial charge in [-0.15, -0.1) is 0 Å². The number of carbonyl (C=O) groups is 3. The third kappa shape index (κ3) is 6.01. The molecule has 0 heterocycles. The van der Waals surface area contributed by atoms with Crippen molar-refractivity contribution in [1.29, 1.82) is 0 Å². The molecule has 7 nitrogen and oxygen atoms in total. The summed E-state index contributed by atoms with van der Waals surface area (Å²) in [6.07, 6.45) is 0. The molecule has 0 aromatic rings. The van der Waals surface area contributed by atoms with Crippen molar-refractivity contribution in [2.24, 2.45) is 11.8 Å². The standard InChI is InChI=1S/C13H23NO6/c1-5-20-11(15)8-14(6-7-19-4)12(16)9(2)10(3)13(17)18/h9-10H,5-8H2,1-4H3,(H,17,18). The Bertz CT molecular complexity index is 344. The normalized spacial score (nSPS) is 13.4. The summed E-state index contributed by atoms with van der Waals surface area (Å²) in [5, 5.41) is 8.94. The second-order valence-electron chi connectivity index (χ2n) is 4.47. The van der Waals surface area contributed by atoms with E-state index in [0.717, 1.165) is 0 Å². The monoisotopic (exact) mass is 289 g/mol. The molecule has 0 rings (SSSR count). The van der Waals surface area contributed by atoms with Gasteiger partial charge in [-0.05, 0) is 6.92 Å². The Morgan fingerprint density at radius 2 is 1.80 bits per heavy atom. The average Bonchev–Trinajstić information content (AvgIpc) is 2.41. The molecular weight excluding hydrogens is 266 g/mol. The lowest BCUT2D eigenvalue weighted by molar-refractivity contribution is -0.153. The van der Waals surface area contributed by atoms with Crippen LogP contribution in [0.3, 0.4) is 0 Å². The summed E-state index contributed by atoms with van der Waals surface area (Å²) in [6.45, 7) is 5.17. The largest absolute Gasteiger partial charge is 0.481 e. The van der Waals surface area contributed by atoms with Crippen LogP contribution < -0.4 is 0 Å². The highest BCUT2D eigenvalue weighted by Gasteiger charge is 2.30. The molecule has 2 unspecified atom stereocenters. The number of ether oxygens (including phenoxy) is 2. The van der Waals surface area contributed by atoms with Crippen molar-refractivity contribution < 1.29 is 29.0 Å². The van der Waals surface area contributed by atoms with E-state index in [1.807, 2.05) is 0 Å². The van der Waals surface area contributed by atoms with Crippen LogP contribution in [0.25, 0.3) is 0 Å². The van der Waals surface area contributed by atoms with Crippen molar-refractivity contribution in [2.75, 3.05) is 33.4 Å². The highest BCUT2D eigenvalue weighted by atomic mass is 16.5. The molecule has 20 heavy (non-hydrogen) atoms. The fourth-order valence-electron chi connectivity index (χ4n) is 1.55. The van der Waals surface area contributed by atoms with Crippen LogP contribution in [0.5, 0.6) is 0 Å². The van der Waals surface area contributed by atoms with Gasteiger partial charge in [0.05, 0.1) is 19.1 Å². The molecule has 0 aromatic heterocycles. The molecule has 0 aliphatic carbocycles. The average molecular weight is 289 g/mol. The predicted octanol–water partition coefficient (Wildman–Crippen LogP) is 0.381. The first kappa shape index (κ1) is 18.4. The minimum Gasteiger partial charge on any atom is -0.481 e. The van der Waals surface area contributed by atoms with Gasteiger partial charge >= 0.3 is 11.9 Å².